The van der Waals surface area contributed by atoms with Crippen LogP contribution in [0.25, 0.3) is 9.88 Å². The third-order valence-electron chi connectivity index (χ3n) is 1.96. The van der Waals surface area contributed by atoms with Gasteiger partial charge in [0.2, 0.25) is 0 Å². The van der Waals surface area contributed by atoms with Crippen LogP contribution in [0.3, 0.4) is 0 Å². The average molecular weight is 239 g/mol. The van der Waals surface area contributed by atoms with Gasteiger partial charge in [-0.05, 0) is 23.9 Å². The molecule has 0 amide bonds. The van der Waals surface area contributed by atoms with Crippen LogP contribution in [0.1, 0.15) is 16.1 Å². The summed E-state index contributed by atoms with van der Waals surface area (Å²) in [6, 6.07) is 2.04. The Hall–Kier alpha value is -1.20. The maximum atomic E-state index is 11.2. The largest absolute Gasteiger partial charge is 0.464 e. The number of hydrogen-bond acceptors (Lipinski definition) is 5. The number of thiazole rings is 1. The molecule has 0 fully saturated rings. The Morgan fingerprint density at radius 1 is 1.47 bits per heavy atom. The van der Waals surface area contributed by atoms with Crippen LogP contribution in [0.2, 0.25) is 0 Å². The summed E-state index contributed by atoms with van der Waals surface area (Å²) in [4.78, 5) is 16.6. The molecule has 5 heteroatoms. The summed E-state index contributed by atoms with van der Waals surface area (Å²) in [5.74, 6) is -0.383. The third kappa shape index (κ3) is 1.93. The van der Waals surface area contributed by atoms with Crippen LogP contribution in [0.5, 0.6) is 0 Å². The molecule has 2 aromatic heterocycles. The Kier molecular flexibility index (Phi) is 2.83. The van der Waals surface area contributed by atoms with Crippen LogP contribution in [-0.4, -0.2) is 18.1 Å². The minimum absolute atomic E-state index is 0.380. The van der Waals surface area contributed by atoms with E-state index in [0.29, 0.717) is 5.69 Å². The molecule has 15 heavy (non-hydrogen) atoms. The fraction of sp³-hybridized carbons (Fsp3) is 0.200. The first-order valence-corrected chi connectivity index (χ1v) is 6.06. The first-order chi connectivity index (χ1) is 7.22. The van der Waals surface area contributed by atoms with E-state index < -0.39 is 0 Å². The van der Waals surface area contributed by atoms with Crippen molar-refractivity contribution in [3.63, 3.8) is 0 Å². The summed E-state index contributed by atoms with van der Waals surface area (Å²) in [6.45, 7) is 2.03. The molecule has 0 radical (unpaired) electrons. The molecule has 0 aliphatic rings. The van der Waals surface area contributed by atoms with E-state index in [1.807, 2.05) is 18.4 Å². The number of carbonyl (C=O) groups excluding carboxylic acids is 1. The van der Waals surface area contributed by atoms with E-state index in [2.05, 4.69) is 9.72 Å². The molecular weight excluding hydrogens is 230 g/mol. The Morgan fingerprint density at radius 2 is 2.27 bits per heavy atom. The number of nitrogens with zero attached hydrogens (tertiary/aromatic N) is 1. The summed E-state index contributed by atoms with van der Waals surface area (Å²) < 4.78 is 4.61. The maximum absolute atomic E-state index is 11.2. The second kappa shape index (κ2) is 4.12. The predicted octanol–water partition coefficient (Wildman–Crippen LogP) is 2.97. The number of aryl methyl sites for hydroxylation is 1. The van der Waals surface area contributed by atoms with Gasteiger partial charge < -0.3 is 4.74 Å². The van der Waals surface area contributed by atoms with Crippen LogP contribution < -0.4 is 0 Å². The molecule has 0 N–H and O–H groups in total. The molecule has 2 heterocycles. The normalized spacial score (nSPS) is 10.3. The van der Waals surface area contributed by atoms with Gasteiger partial charge in [-0.3, -0.25) is 0 Å². The number of hydrogen-bond donors (Lipinski definition) is 0. The summed E-state index contributed by atoms with van der Waals surface area (Å²) >= 11 is 3.09. The lowest BCUT2D eigenvalue weighted by Crippen LogP contribution is -2.00. The van der Waals surface area contributed by atoms with Crippen molar-refractivity contribution in [1.29, 1.82) is 0 Å². The van der Waals surface area contributed by atoms with Gasteiger partial charge in [-0.15, -0.1) is 22.7 Å². The van der Waals surface area contributed by atoms with E-state index in [1.54, 1.807) is 16.7 Å². The monoisotopic (exact) mass is 239 g/mol. The van der Waals surface area contributed by atoms with E-state index in [9.17, 15) is 4.79 Å². The summed E-state index contributed by atoms with van der Waals surface area (Å²) in [5.41, 5.74) is 1.57. The van der Waals surface area contributed by atoms with Gasteiger partial charge in [0.25, 0.3) is 0 Å². The molecule has 2 rings (SSSR count). The van der Waals surface area contributed by atoms with E-state index in [4.69, 9.17) is 0 Å². The Labute approximate surface area is 95.4 Å². The molecule has 0 saturated heterocycles. The van der Waals surface area contributed by atoms with Gasteiger partial charge in [-0.1, -0.05) is 0 Å². The number of esters is 1. The minimum atomic E-state index is -0.383. The van der Waals surface area contributed by atoms with E-state index in [-0.39, 0.29) is 5.97 Å². The van der Waals surface area contributed by atoms with Crippen molar-refractivity contribution in [2.24, 2.45) is 0 Å². The predicted molar refractivity (Wildman–Crippen MR) is 61.5 cm³/mol. The first kappa shape index (κ1) is 10.3. The zero-order valence-corrected chi connectivity index (χ0v) is 9.95. The van der Waals surface area contributed by atoms with Crippen molar-refractivity contribution < 1.29 is 9.53 Å². The number of ether oxygens (including phenoxy) is 1. The number of thiophene rings is 1. The molecule has 3 nitrogen and oxygen atoms in total. The molecule has 0 bridgehead atoms. The molecule has 0 aliphatic carbocycles. The van der Waals surface area contributed by atoms with Gasteiger partial charge in [0.15, 0.2) is 5.69 Å². The highest BCUT2D eigenvalue weighted by Gasteiger charge is 2.13. The zero-order chi connectivity index (χ0) is 10.8. The van der Waals surface area contributed by atoms with Crippen LogP contribution >= 0.6 is 22.7 Å². The molecule has 0 unspecified atom stereocenters. The molecule has 0 atom stereocenters. The van der Waals surface area contributed by atoms with Gasteiger partial charge in [-0.2, -0.15) is 0 Å². The fourth-order valence-corrected chi connectivity index (χ4v) is 3.06. The van der Waals surface area contributed by atoms with Crippen molar-refractivity contribution >= 4 is 28.6 Å². The van der Waals surface area contributed by atoms with Gasteiger partial charge in [0.1, 0.15) is 5.01 Å². The average Bonchev–Trinajstić information content (AvgIpc) is 2.84. The van der Waals surface area contributed by atoms with Crippen LogP contribution in [0, 0.1) is 6.92 Å². The lowest BCUT2D eigenvalue weighted by molar-refractivity contribution is 0.0595. The van der Waals surface area contributed by atoms with Crippen LogP contribution in [0.15, 0.2) is 16.8 Å². The summed E-state index contributed by atoms with van der Waals surface area (Å²) in [6.07, 6.45) is 0. The highest BCUT2D eigenvalue weighted by atomic mass is 32.1. The third-order valence-corrected chi connectivity index (χ3v) is 3.97. The van der Waals surface area contributed by atoms with Crippen molar-refractivity contribution in [3.05, 3.63) is 28.1 Å². The molecule has 78 valence electrons. The van der Waals surface area contributed by atoms with Crippen LogP contribution in [-0.2, 0) is 4.74 Å². The van der Waals surface area contributed by atoms with E-state index in [0.717, 1.165) is 9.88 Å². The van der Waals surface area contributed by atoms with Gasteiger partial charge in [0, 0.05) is 5.38 Å². The second-order valence-electron chi connectivity index (χ2n) is 2.96. The lowest BCUT2D eigenvalue weighted by Gasteiger charge is -1.93. The van der Waals surface area contributed by atoms with Gasteiger partial charge in [0.05, 0.1) is 12.0 Å². The minimum Gasteiger partial charge on any atom is -0.464 e. The number of carbonyl (C=O) groups is 1. The summed E-state index contributed by atoms with van der Waals surface area (Å²) in [5, 5.41) is 4.62. The SMILES string of the molecule is COC(=O)c1csc(-c2sccc2C)n1. The van der Waals surface area contributed by atoms with Crippen molar-refractivity contribution in [2.75, 3.05) is 7.11 Å². The highest BCUT2D eigenvalue weighted by molar-refractivity contribution is 7.20. The summed E-state index contributed by atoms with van der Waals surface area (Å²) in [7, 11) is 1.36. The van der Waals surface area contributed by atoms with E-state index >= 15 is 0 Å². The van der Waals surface area contributed by atoms with Crippen LogP contribution in [0.4, 0.5) is 0 Å². The molecule has 0 saturated carbocycles. The first-order valence-electron chi connectivity index (χ1n) is 4.30. The smallest absolute Gasteiger partial charge is 0.357 e. The van der Waals surface area contributed by atoms with Gasteiger partial charge >= 0.3 is 5.97 Å². The number of methoxy groups -OCH3 is 1. The standard InChI is InChI=1S/C10H9NO2S2/c1-6-3-4-14-8(6)9-11-7(5-15-9)10(12)13-2/h3-5H,1-2H3. The molecule has 0 aliphatic heterocycles. The fourth-order valence-electron chi connectivity index (χ4n) is 1.17. The number of rotatable bonds is 2. The Morgan fingerprint density at radius 3 is 2.87 bits per heavy atom. The van der Waals surface area contributed by atoms with Crippen molar-refractivity contribution in [2.45, 2.75) is 6.92 Å². The Bertz CT molecular complexity index is 487. The van der Waals surface area contributed by atoms with Crippen molar-refractivity contribution in [3.8, 4) is 9.88 Å². The number of aromatic nitrogens is 1. The zero-order valence-electron chi connectivity index (χ0n) is 8.31. The van der Waals surface area contributed by atoms with Crippen molar-refractivity contribution in [1.82, 2.24) is 4.98 Å². The molecule has 0 spiro atoms. The topological polar surface area (TPSA) is 39.2 Å². The second-order valence-corrected chi connectivity index (χ2v) is 4.74. The maximum Gasteiger partial charge on any atom is 0.357 e. The molecule has 2 aromatic rings. The Balaban J connectivity index is 2.36. The molecule has 0 aromatic carbocycles. The van der Waals surface area contributed by atoms with Gasteiger partial charge in [-0.25, -0.2) is 9.78 Å². The highest BCUT2D eigenvalue weighted by Crippen LogP contribution is 2.31. The molecular formula is C10H9NO2S2. The quantitative estimate of drug-likeness (QED) is 0.756. The lowest BCUT2D eigenvalue weighted by atomic mass is 10.3. The van der Waals surface area contributed by atoms with E-state index in [1.165, 1.54) is 24.0 Å².